The number of nitrogens with one attached hydrogen (secondary N) is 2. The molecule has 19 heavy (non-hydrogen) atoms. The smallest absolute Gasteiger partial charge is 0.262 e. The van der Waals surface area contributed by atoms with Crippen LogP contribution in [0.1, 0.15) is 6.42 Å². The standard InChI is InChI=1S/C13H15ClN2O3/c14-9-3-11-12(19-7-13(17)16-11)4-10(9)15-5-8-1-2-18-6-8/h3-4,8,15H,1-2,5-7H2,(H,16,17). The van der Waals surface area contributed by atoms with Crippen molar-refractivity contribution >= 4 is 28.9 Å². The number of hydrogen-bond donors (Lipinski definition) is 2. The van der Waals surface area contributed by atoms with Gasteiger partial charge in [-0.3, -0.25) is 4.79 Å². The van der Waals surface area contributed by atoms with Gasteiger partial charge in [0.25, 0.3) is 5.91 Å². The Balaban J connectivity index is 1.72. The van der Waals surface area contributed by atoms with E-state index in [1.54, 1.807) is 6.07 Å². The summed E-state index contributed by atoms with van der Waals surface area (Å²) in [4.78, 5) is 11.2. The third-order valence-electron chi connectivity index (χ3n) is 3.31. The number of rotatable bonds is 3. The molecule has 1 unspecified atom stereocenters. The minimum absolute atomic E-state index is 0.0462. The summed E-state index contributed by atoms with van der Waals surface area (Å²) in [7, 11) is 0. The molecule has 2 aliphatic heterocycles. The van der Waals surface area contributed by atoms with Crippen LogP contribution in [0.15, 0.2) is 12.1 Å². The Bertz CT molecular complexity index is 501. The maximum atomic E-state index is 11.2. The number of carbonyl (C=O) groups is 1. The van der Waals surface area contributed by atoms with Gasteiger partial charge in [0, 0.05) is 25.1 Å². The van der Waals surface area contributed by atoms with Gasteiger partial charge in [-0.05, 0) is 12.5 Å². The fourth-order valence-electron chi connectivity index (χ4n) is 2.23. The fourth-order valence-corrected chi connectivity index (χ4v) is 2.46. The van der Waals surface area contributed by atoms with Crippen molar-refractivity contribution in [3.8, 4) is 5.75 Å². The number of fused-ring (bicyclic) bond motifs is 1. The van der Waals surface area contributed by atoms with Crippen LogP contribution in [0.4, 0.5) is 11.4 Å². The van der Waals surface area contributed by atoms with Crippen LogP contribution in [-0.4, -0.2) is 32.3 Å². The molecule has 0 spiro atoms. The second kappa shape index (κ2) is 5.27. The summed E-state index contributed by atoms with van der Waals surface area (Å²) in [6.45, 7) is 2.50. The van der Waals surface area contributed by atoms with E-state index in [-0.39, 0.29) is 12.5 Å². The van der Waals surface area contributed by atoms with E-state index in [1.165, 1.54) is 0 Å². The van der Waals surface area contributed by atoms with Gasteiger partial charge in [-0.15, -0.1) is 0 Å². The molecular formula is C13H15ClN2O3. The van der Waals surface area contributed by atoms with Crippen molar-refractivity contribution in [3.05, 3.63) is 17.2 Å². The number of ether oxygens (including phenoxy) is 2. The average Bonchev–Trinajstić information content (AvgIpc) is 2.89. The molecule has 2 aliphatic rings. The van der Waals surface area contributed by atoms with Gasteiger partial charge < -0.3 is 20.1 Å². The lowest BCUT2D eigenvalue weighted by Crippen LogP contribution is -2.25. The van der Waals surface area contributed by atoms with Gasteiger partial charge in [0.2, 0.25) is 0 Å². The molecule has 1 aromatic carbocycles. The number of anilines is 2. The molecule has 6 heteroatoms. The number of amides is 1. The number of benzene rings is 1. The molecule has 0 bridgehead atoms. The maximum Gasteiger partial charge on any atom is 0.262 e. The van der Waals surface area contributed by atoms with Crippen LogP contribution in [0, 0.1) is 5.92 Å². The van der Waals surface area contributed by atoms with Crippen molar-refractivity contribution in [1.29, 1.82) is 0 Å². The first kappa shape index (κ1) is 12.6. The van der Waals surface area contributed by atoms with Gasteiger partial charge in [0.05, 0.1) is 23.0 Å². The molecule has 102 valence electrons. The van der Waals surface area contributed by atoms with Crippen molar-refractivity contribution in [2.24, 2.45) is 5.92 Å². The molecular weight excluding hydrogens is 268 g/mol. The Labute approximate surface area is 116 Å². The van der Waals surface area contributed by atoms with E-state index in [0.717, 1.165) is 31.9 Å². The van der Waals surface area contributed by atoms with Crippen LogP contribution in [0.25, 0.3) is 0 Å². The molecule has 1 amide bonds. The largest absolute Gasteiger partial charge is 0.482 e. The van der Waals surface area contributed by atoms with Gasteiger partial charge in [0.15, 0.2) is 6.61 Å². The van der Waals surface area contributed by atoms with Gasteiger partial charge in [-0.1, -0.05) is 11.6 Å². The highest BCUT2D eigenvalue weighted by molar-refractivity contribution is 6.33. The van der Waals surface area contributed by atoms with Crippen LogP contribution in [-0.2, 0) is 9.53 Å². The molecule has 0 aromatic heterocycles. The lowest BCUT2D eigenvalue weighted by molar-refractivity contribution is -0.118. The normalized spacial score (nSPS) is 21.5. The van der Waals surface area contributed by atoms with E-state index in [9.17, 15) is 4.79 Å². The summed E-state index contributed by atoms with van der Waals surface area (Å²) >= 11 is 6.19. The van der Waals surface area contributed by atoms with E-state index < -0.39 is 0 Å². The SMILES string of the molecule is O=C1COc2cc(NCC3CCOC3)c(Cl)cc2N1. The van der Waals surface area contributed by atoms with Crippen LogP contribution in [0.5, 0.6) is 5.75 Å². The summed E-state index contributed by atoms with van der Waals surface area (Å²) in [6, 6.07) is 3.54. The maximum absolute atomic E-state index is 11.2. The minimum atomic E-state index is -0.160. The predicted octanol–water partition coefficient (Wildman–Crippen LogP) is 2.12. The van der Waals surface area contributed by atoms with Gasteiger partial charge in [0.1, 0.15) is 5.75 Å². The average molecular weight is 283 g/mol. The molecule has 0 saturated carbocycles. The highest BCUT2D eigenvalue weighted by Crippen LogP contribution is 2.36. The molecule has 0 aliphatic carbocycles. The van der Waals surface area contributed by atoms with E-state index >= 15 is 0 Å². The molecule has 1 aromatic rings. The predicted molar refractivity (Wildman–Crippen MR) is 73.0 cm³/mol. The molecule has 2 N–H and O–H groups in total. The summed E-state index contributed by atoms with van der Waals surface area (Å²) < 4.78 is 10.7. The number of carbonyl (C=O) groups excluding carboxylic acids is 1. The Morgan fingerprint density at radius 3 is 3.16 bits per heavy atom. The highest BCUT2D eigenvalue weighted by Gasteiger charge is 2.19. The lowest BCUT2D eigenvalue weighted by atomic mass is 10.1. The van der Waals surface area contributed by atoms with Crippen molar-refractivity contribution < 1.29 is 14.3 Å². The molecule has 0 radical (unpaired) electrons. The summed E-state index contributed by atoms with van der Waals surface area (Å²) in [5.41, 5.74) is 1.44. The highest BCUT2D eigenvalue weighted by atomic mass is 35.5. The molecule has 1 saturated heterocycles. The zero-order valence-electron chi connectivity index (χ0n) is 10.4. The number of hydrogen-bond acceptors (Lipinski definition) is 4. The summed E-state index contributed by atoms with van der Waals surface area (Å²) in [5.74, 6) is 1.01. The molecule has 1 fully saturated rings. The Kier molecular flexibility index (Phi) is 3.48. The third kappa shape index (κ3) is 2.77. The summed E-state index contributed by atoms with van der Waals surface area (Å²) in [6.07, 6.45) is 1.07. The van der Waals surface area contributed by atoms with Crippen molar-refractivity contribution in [2.75, 3.05) is 37.0 Å². The van der Waals surface area contributed by atoms with Crippen molar-refractivity contribution in [3.63, 3.8) is 0 Å². The first-order valence-corrected chi connectivity index (χ1v) is 6.68. The van der Waals surface area contributed by atoms with Crippen LogP contribution >= 0.6 is 11.6 Å². The van der Waals surface area contributed by atoms with Crippen LogP contribution in [0.3, 0.4) is 0 Å². The van der Waals surface area contributed by atoms with Gasteiger partial charge in [-0.25, -0.2) is 0 Å². The van der Waals surface area contributed by atoms with Gasteiger partial charge in [-0.2, -0.15) is 0 Å². The van der Waals surface area contributed by atoms with Crippen molar-refractivity contribution in [2.45, 2.75) is 6.42 Å². The zero-order chi connectivity index (χ0) is 13.2. The molecule has 5 nitrogen and oxygen atoms in total. The second-order valence-corrected chi connectivity index (χ2v) is 5.18. The lowest BCUT2D eigenvalue weighted by Gasteiger charge is -2.20. The van der Waals surface area contributed by atoms with E-state index in [4.69, 9.17) is 21.1 Å². The van der Waals surface area contributed by atoms with Crippen molar-refractivity contribution in [1.82, 2.24) is 0 Å². The number of halogens is 1. The van der Waals surface area contributed by atoms with Gasteiger partial charge >= 0.3 is 0 Å². The van der Waals surface area contributed by atoms with Crippen LogP contribution < -0.4 is 15.4 Å². The third-order valence-corrected chi connectivity index (χ3v) is 3.62. The quantitative estimate of drug-likeness (QED) is 0.891. The topological polar surface area (TPSA) is 59.6 Å². The first-order chi connectivity index (χ1) is 9.22. The fraction of sp³-hybridized carbons (Fsp3) is 0.462. The molecule has 2 heterocycles. The van der Waals surface area contributed by atoms with Crippen LogP contribution in [0.2, 0.25) is 5.02 Å². The Morgan fingerprint density at radius 1 is 1.47 bits per heavy atom. The second-order valence-electron chi connectivity index (χ2n) is 4.78. The van der Waals surface area contributed by atoms with E-state index in [2.05, 4.69) is 10.6 Å². The molecule has 1 atom stereocenters. The summed E-state index contributed by atoms with van der Waals surface area (Å²) in [5, 5.41) is 6.61. The van der Waals surface area contributed by atoms with E-state index in [1.807, 2.05) is 6.07 Å². The Hall–Kier alpha value is -1.46. The minimum Gasteiger partial charge on any atom is -0.482 e. The monoisotopic (exact) mass is 282 g/mol. The Morgan fingerprint density at radius 2 is 2.37 bits per heavy atom. The molecule has 3 rings (SSSR count). The zero-order valence-corrected chi connectivity index (χ0v) is 11.1. The first-order valence-electron chi connectivity index (χ1n) is 6.30. The van der Waals surface area contributed by atoms with E-state index in [0.29, 0.717) is 22.4 Å².